The minimum absolute atomic E-state index is 0.314. The first-order chi connectivity index (χ1) is 9.74. The Kier molecular flexibility index (Phi) is 5.67. The highest BCUT2D eigenvalue weighted by Gasteiger charge is 2.15. The Morgan fingerprint density at radius 1 is 1.15 bits per heavy atom. The van der Waals surface area contributed by atoms with E-state index in [1.165, 1.54) is 6.33 Å². The van der Waals surface area contributed by atoms with Crippen LogP contribution in [0.2, 0.25) is 0 Å². The Balaban J connectivity index is 1.76. The van der Waals surface area contributed by atoms with Gasteiger partial charge in [-0.2, -0.15) is 0 Å². The van der Waals surface area contributed by atoms with Crippen molar-refractivity contribution in [3.05, 3.63) is 17.8 Å². The molecule has 1 saturated heterocycles. The predicted octanol–water partition coefficient (Wildman–Crippen LogP) is 1.23. The number of hydrogen-bond acceptors (Lipinski definition) is 5. The molecule has 1 aromatic rings. The van der Waals surface area contributed by atoms with Crippen molar-refractivity contribution in [2.75, 3.05) is 51.1 Å². The fourth-order valence-electron chi connectivity index (χ4n) is 2.44. The smallest absolute Gasteiger partial charge is 0.186 e. The largest absolute Gasteiger partial charge is 0.366 e. The van der Waals surface area contributed by atoms with Gasteiger partial charge in [-0.05, 0) is 13.0 Å². The maximum absolute atomic E-state index is 13.9. The number of rotatable bonds is 6. The van der Waals surface area contributed by atoms with Crippen LogP contribution in [0.25, 0.3) is 0 Å². The summed E-state index contributed by atoms with van der Waals surface area (Å²) in [7, 11) is 0. The van der Waals surface area contributed by atoms with Gasteiger partial charge in [0.2, 0.25) is 0 Å². The van der Waals surface area contributed by atoms with Crippen molar-refractivity contribution >= 4 is 5.82 Å². The van der Waals surface area contributed by atoms with Crippen LogP contribution in [0.5, 0.6) is 0 Å². The maximum atomic E-state index is 13.9. The molecule has 0 amide bonds. The van der Waals surface area contributed by atoms with Gasteiger partial charge in [0.05, 0.1) is 5.69 Å². The zero-order chi connectivity index (χ0) is 14.4. The van der Waals surface area contributed by atoms with Gasteiger partial charge in [-0.3, -0.25) is 4.90 Å². The van der Waals surface area contributed by atoms with E-state index in [0.717, 1.165) is 39.3 Å². The van der Waals surface area contributed by atoms with Crippen LogP contribution in [0, 0.1) is 5.82 Å². The Hall–Kier alpha value is -1.27. The third-order valence-corrected chi connectivity index (χ3v) is 3.83. The number of aryl methyl sites for hydroxylation is 1. The first-order valence-corrected chi connectivity index (χ1v) is 7.42. The molecular weight excluding hydrogens is 257 g/mol. The molecule has 0 aliphatic carbocycles. The molecule has 1 aliphatic rings. The number of piperazine rings is 1. The second-order valence-electron chi connectivity index (χ2n) is 5.04. The number of nitrogens with one attached hydrogen (secondary N) is 1. The summed E-state index contributed by atoms with van der Waals surface area (Å²) in [5.41, 5.74) is 0.471. The van der Waals surface area contributed by atoms with Gasteiger partial charge in [-0.1, -0.05) is 13.8 Å². The molecule has 6 heteroatoms. The van der Waals surface area contributed by atoms with Crippen LogP contribution in [-0.4, -0.2) is 65.6 Å². The summed E-state index contributed by atoms with van der Waals surface area (Å²) in [6.45, 7) is 11.3. The summed E-state index contributed by atoms with van der Waals surface area (Å²) in [5, 5.41) is 3.08. The molecular formula is C14H24FN5. The van der Waals surface area contributed by atoms with E-state index in [9.17, 15) is 4.39 Å². The zero-order valence-corrected chi connectivity index (χ0v) is 12.4. The average molecular weight is 281 g/mol. The van der Waals surface area contributed by atoms with Crippen molar-refractivity contribution in [1.82, 2.24) is 19.8 Å². The maximum Gasteiger partial charge on any atom is 0.186 e. The van der Waals surface area contributed by atoms with Crippen LogP contribution >= 0.6 is 0 Å². The third-order valence-electron chi connectivity index (χ3n) is 3.83. The van der Waals surface area contributed by atoms with Crippen LogP contribution < -0.4 is 5.32 Å². The standard InChI is InChI=1S/C14H24FN5/c1-3-12-13(15)14(18-11-17-12)16-5-6-20-9-7-19(4-2)8-10-20/h11H,3-10H2,1-2H3,(H,16,17,18). The molecule has 1 N–H and O–H groups in total. The van der Waals surface area contributed by atoms with Crippen molar-refractivity contribution in [3.63, 3.8) is 0 Å². The molecule has 1 fully saturated rings. The van der Waals surface area contributed by atoms with Gasteiger partial charge < -0.3 is 10.2 Å². The molecule has 0 atom stereocenters. The fraction of sp³-hybridized carbons (Fsp3) is 0.714. The molecule has 112 valence electrons. The van der Waals surface area contributed by atoms with E-state index in [-0.39, 0.29) is 5.82 Å². The number of likely N-dealkylation sites (N-methyl/N-ethyl adjacent to an activating group) is 1. The van der Waals surface area contributed by atoms with Crippen LogP contribution in [0.15, 0.2) is 6.33 Å². The van der Waals surface area contributed by atoms with Crippen molar-refractivity contribution in [2.24, 2.45) is 0 Å². The van der Waals surface area contributed by atoms with Gasteiger partial charge >= 0.3 is 0 Å². The summed E-state index contributed by atoms with van der Waals surface area (Å²) >= 11 is 0. The monoisotopic (exact) mass is 281 g/mol. The SMILES string of the molecule is CCc1ncnc(NCCN2CCN(CC)CC2)c1F. The summed E-state index contributed by atoms with van der Waals surface area (Å²) in [6.07, 6.45) is 2.01. The third kappa shape index (κ3) is 3.86. The Morgan fingerprint density at radius 2 is 1.85 bits per heavy atom. The zero-order valence-electron chi connectivity index (χ0n) is 12.4. The molecule has 0 bridgehead atoms. The topological polar surface area (TPSA) is 44.3 Å². The van der Waals surface area contributed by atoms with Crippen LogP contribution in [0.4, 0.5) is 10.2 Å². The van der Waals surface area contributed by atoms with Crippen LogP contribution in [-0.2, 0) is 6.42 Å². The summed E-state index contributed by atoms with van der Waals surface area (Å²) in [5.74, 6) is 0.00912. The minimum Gasteiger partial charge on any atom is -0.366 e. The fourth-order valence-corrected chi connectivity index (χ4v) is 2.44. The molecule has 2 heterocycles. The lowest BCUT2D eigenvalue weighted by atomic mass is 10.3. The summed E-state index contributed by atoms with van der Waals surface area (Å²) in [6, 6.07) is 0. The van der Waals surface area contributed by atoms with Gasteiger partial charge in [0.25, 0.3) is 0 Å². The van der Waals surface area contributed by atoms with E-state index in [2.05, 4.69) is 32.0 Å². The molecule has 5 nitrogen and oxygen atoms in total. The Morgan fingerprint density at radius 3 is 2.50 bits per heavy atom. The average Bonchev–Trinajstić information content (AvgIpc) is 2.49. The van der Waals surface area contributed by atoms with Crippen molar-refractivity contribution in [3.8, 4) is 0 Å². The van der Waals surface area contributed by atoms with Gasteiger partial charge in [0.15, 0.2) is 11.6 Å². The van der Waals surface area contributed by atoms with Gasteiger partial charge in [0.1, 0.15) is 6.33 Å². The Labute approximate surface area is 120 Å². The van der Waals surface area contributed by atoms with Crippen LogP contribution in [0.1, 0.15) is 19.5 Å². The lowest BCUT2D eigenvalue weighted by Crippen LogP contribution is -2.47. The second kappa shape index (κ2) is 7.50. The highest BCUT2D eigenvalue weighted by molar-refractivity contribution is 5.37. The van der Waals surface area contributed by atoms with Crippen LogP contribution in [0.3, 0.4) is 0 Å². The highest BCUT2D eigenvalue weighted by Crippen LogP contribution is 2.12. The van der Waals surface area contributed by atoms with Gasteiger partial charge in [-0.25, -0.2) is 14.4 Å². The lowest BCUT2D eigenvalue weighted by molar-refractivity contribution is 0.141. The Bertz CT molecular complexity index is 418. The molecule has 0 radical (unpaired) electrons. The van der Waals surface area contributed by atoms with Crippen molar-refractivity contribution in [1.29, 1.82) is 0 Å². The minimum atomic E-state index is -0.314. The summed E-state index contributed by atoms with van der Waals surface area (Å²) < 4.78 is 13.9. The predicted molar refractivity (Wildman–Crippen MR) is 78.4 cm³/mol. The number of halogens is 1. The van der Waals surface area contributed by atoms with E-state index >= 15 is 0 Å². The number of hydrogen-bond donors (Lipinski definition) is 1. The molecule has 20 heavy (non-hydrogen) atoms. The van der Waals surface area contributed by atoms with E-state index < -0.39 is 0 Å². The van der Waals surface area contributed by atoms with E-state index in [0.29, 0.717) is 24.5 Å². The quantitative estimate of drug-likeness (QED) is 0.849. The molecule has 1 aromatic heterocycles. The highest BCUT2D eigenvalue weighted by atomic mass is 19.1. The van der Waals surface area contributed by atoms with E-state index in [4.69, 9.17) is 0 Å². The first kappa shape index (κ1) is 15.1. The molecule has 0 aromatic carbocycles. The molecule has 0 unspecified atom stereocenters. The second-order valence-corrected chi connectivity index (χ2v) is 5.04. The van der Waals surface area contributed by atoms with Gasteiger partial charge in [-0.15, -0.1) is 0 Å². The molecule has 1 aliphatic heterocycles. The number of nitrogens with zero attached hydrogens (tertiary/aromatic N) is 4. The van der Waals surface area contributed by atoms with E-state index in [1.807, 2.05) is 6.92 Å². The van der Waals surface area contributed by atoms with Gasteiger partial charge in [0, 0.05) is 39.3 Å². The number of aromatic nitrogens is 2. The molecule has 0 saturated carbocycles. The first-order valence-electron chi connectivity index (χ1n) is 7.42. The molecule has 0 spiro atoms. The molecule has 2 rings (SSSR count). The van der Waals surface area contributed by atoms with Crippen molar-refractivity contribution in [2.45, 2.75) is 20.3 Å². The normalized spacial score (nSPS) is 17.4. The number of anilines is 1. The lowest BCUT2D eigenvalue weighted by Gasteiger charge is -2.33. The van der Waals surface area contributed by atoms with Crippen molar-refractivity contribution < 1.29 is 4.39 Å². The summed E-state index contributed by atoms with van der Waals surface area (Å²) in [4.78, 5) is 12.7. The van der Waals surface area contributed by atoms with E-state index in [1.54, 1.807) is 0 Å².